The summed E-state index contributed by atoms with van der Waals surface area (Å²) in [6.45, 7) is 0. The van der Waals surface area contributed by atoms with Gasteiger partial charge < -0.3 is 0 Å². The van der Waals surface area contributed by atoms with Crippen molar-refractivity contribution in [2.24, 2.45) is 0 Å². The minimum atomic E-state index is 0.718. The summed E-state index contributed by atoms with van der Waals surface area (Å²) >= 11 is 2.27. The van der Waals surface area contributed by atoms with Crippen LogP contribution in [-0.4, -0.2) is 20.2 Å². The minimum Gasteiger partial charge on any atom is -0.261 e. The molecule has 0 radical (unpaired) electrons. The lowest BCUT2D eigenvalue weighted by molar-refractivity contribution is 1.09. The van der Waals surface area contributed by atoms with Gasteiger partial charge in [0.15, 0.2) is 11.5 Å². The zero-order chi connectivity index (χ0) is 11.0. The van der Waals surface area contributed by atoms with Crippen molar-refractivity contribution in [1.29, 1.82) is 0 Å². The number of halogens is 1. The molecule has 0 spiro atoms. The maximum Gasteiger partial charge on any atom is 0.161 e. The third-order valence-electron chi connectivity index (χ3n) is 2.27. The molecule has 0 fully saturated rings. The van der Waals surface area contributed by atoms with Gasteiger partial charge in [-0.1, -0.05) is 12.1 Å². The molecule has 1 aromatic carbocycles. The van der Waals surface area contributed by atoms with Crippen molar-refractivity contribution >= 4 is 33.6 Å². The molecule has 4 nitrogen and oxygen atoms in total. The molecule has 0 unspecified atom stereocenters. The van der Waals surface area contributed by atoms with Crippen LogP contribution in [0, 0.1) is 3.57 Å². The lowest BCUT2D eigenvalue weighted by atomic mass is 10.2. The summed E-state index contributed by atoms with van der Waals surface area (Å²) in [6.07, 6.45) is 3.49. The molecule has 2 aromatic heterocycles. The van der Waals surface area contributed by atoms with E-state index in [1.54, 1.807) is 12.4 Å². The van der Waals surface area contributed by atoms with Gasteiger partial charge in [-0.2, -0.15) is 5.10 Å². The molecule has 0 atom stereocenters. The Morgan fingerprint density at radius 1 is 1.19 bits per heavy atom. The minimum absolute atomic E-state index is 0.718. The normalized spacial score (nSPS) is 10.8. The topological polar surface area (TPSA) is 54.5 Å². The first-order chi connectivity index (χ1) is 7.83. The first-order valence-corrected chi connectivity index (χ1v) is 5.83. The van der Waals surface area contributed by atoms with E-state index >= 15 is 0 Å². The largest absolute Gasteiger partial charge is 0.261 e. The molecule has 0 amide bonds. The molecule has 3 rings (SSSR count). The second-order valence-electron chi connectivity index (χ2n) is 3.38. The van der Waals surface area contributed by atoms with Gasteiger partial charge in [-0.25, -0.2) is 9.97 Å². The van der Waals surface area contributed by atoms with Crippen LogP contribution >= 0.6 is 22.6 Å². The second-order valence-corrected chi connectivity index (χ2v) is 4.62. The Labute approximate surface area is 105 Å². The van der Waals surface area contributed by atoms with E-state index in [0.717, 1.165) is 22.4 Å². The Kier molecular flexibility index (Phi) is 2.32. The van der Waals surface area contributed by atoms with Crippen molar-refractivity contribution in [2.75, 3.05) is 0 Å². The molecule has 0 saturated carbocycles. The summed E-state index contributed by atoms with van der Waals surface area (Å²) in [5, 5.41) is 7.69. The predicted molar refractivity (Wildman–Crippen MR) is 69.8 cm³/mol. The number of hydrogen-bond acceptors (Lipinski definition) is 3. The molecule has 5 heteroatoms. The number of aromatic amines is 1. The van der Waals surface area contributed by atoms with Crippen LogP contribution in [0.2, 0.25) is 0 Å². The van der Waals surface area contributed by atoms with Crippen molar-refractivity contribution in [3.8, 4) is 11.4 Å². The van der Waals surface area contributed by atoms with Crippen molar-refractivity contribution in [3.63, 3.8) is 0 Å². The maximum absolute atomic E-state index is 4.41. The summed E-state index contributed by atoms with van der Waals surface area (Å²) < 4.78 is 1.17. The lowest BCUT2D eigenvalue weighted by Crippen LogP contribution is -1.89. The second kappa shape index (κ2) is 3.82. The Bertz CT molecular complexity index is 647. The van der Waals surface area contributed by atoms with Gasteiger partial charge in [0, 0.05) is 15.3 Å². The van der Waals surface area contributed by atoms with E-state index in [1.807, 2.05) is 18.2 Å². The van der Waals surface area contributed by atoms with Crippen molar-refractivity contribution in [1.82, 2.24) is 20.2 Å². The quantitative estimate of drug-likeness (QED) is 0.701. The Balaban J connectivity index is 2.18. The van der Waals surface area contributed by atoms with Gasteiger partial charge in [0.1, 0.15) is 0 Å². The molecular formula is C11H7IN4. The fourth-order valence-electron chi connectivity index (χ4n) is 1.50. The van der Waals surface area contributed by atoms with Crippen molar-refractivity contribution in [2.45, 2.75) is 0 Å². The number of aromatic nitrogens is 4. The highest BCUT2D eigenvalue weighted by Gasteiger charge is 2.04. The SMILES string of the molecule is Ic1cccc(-c2ncc3cn[nH]c3n2)c1. The van der Waals surface area contributed by atoms with E-state index < -0.39 is 0 Å². The van der Waals surface area contributed by atoms with Crippen molar-refractivity contribution < 1.29 is 0 Å². The number of rotatable bonds is 1. The van der Waals surface area contributed by atoms with Crippen LogP contribution < -0.4 is 0 Å². The summed E-state index contributed by atoms with van der Waals surface area (Å²) in [7, 11) is 0. The van der Waals surface area contributed by atoms with Crippen molar-refractivity contribution in [3.05, 3.63) is 40.2 Å². The van der Waals surface area contributed by atoms with Gasteiger partial charge in [-0.05, 0) is 34.7 Å². The Hall–Kier alpha value is -1.50. The number of benzene rings is 1. The van der Waals surface area contributed by atoms with Gasteiger partial charge >= 0.3 is 0 Å². The van der Waals surface area contributed by atoms with Crippen LogP contribution in [0.5, 0.6) is 0 Å². The predicted octanol–water partition coefficient (Wildman–Crippen LogP) is 2.62. The molecule has 16 heavy (non-hydrogen) atoms. The molecule has 2 heterocycles. The van der Waals surface area contributed by atoms with Gasteiger partial charge in [0.2, 0.25) is 0 Å². The third kappa shape index (κ3) is 1.67. The standard InChI is InChI=1S/C11H7IN4/c12-9-3-1-2-7(4-9)10-13-5-8-6-14-16-11(8)15-10/h1-6H,(H,13,14,15,16). The highest BCUT2D eigenvalue weighted by Crippen LogP contribution is 2.18. The first-order valence-electron chi connectivity index (χ1n) is 4.75. The van der Waals surface area contributed by atoms with E-state index in [9.17, 15) is 0 Å². The maximum atomic E-state index is 4.41. The van der Waals surface area contributed by atoms with Gasteiger partial charge in [0.05, 0.1) is 11.6 Å². The Morgan fingerprint density at radius 3 is 3.00 bits per heavy atom. The van der Waals surface area contributed by atoms with Gasteiger partial charge in [-0.15, -0.1) is 0 Å². The highest BCUT2D eigenvalue weighted by molar-refractivity contribution is 14.1. The summed E-state index contributed by atoms with van der Waals surface area (Å²) in [5.74, 6) is 0.718. The van der Waals surface area contributed by atoms with Gasteiger partial charge in [-0.3, -0.25) is 5.10 Å². The fourth-order valence-corrected chi connectivity index (χ4v) is 2.05. The molecule has 78 valence electrons. The zero-order valence-corrected chi connectivity index (χ0v) is 10.3. The molecule has 0 aliphatic carbocycles. The highest BCUT2D eigenvalue weighted by atomic mass is 127. The van der Waals surface area contributed by atoms with Crippen LogP contribution in [0.15, 0.2) is 36.7 Å². The lowest BCUT2D eigenvalue weighted by Gasteiger charge is -1.99. The molecule has 0 aliphatic heterocycles. The van der Waals surface area contributed by atoms with E-state index in [4.69, 9.17) is 0 Å². The first kappa shape index (κ1) is 9.71. The van der Waals surface area contributed by atoms with Crippen LogP contribution in [0.1, 0.15) is 0 Å². The zero-order valence-electron chi connectivity index (χ0n) is 8.18. The molecule has 1 N–H and O–H groups in total. The number of hydrogen-bond donors (Lipinski definition) is 1. The number of fused-ring (bicyclic) bond motifs is 1. The molecule has 0 saturated heterocycles. The number of H-pyrrole nitrogens is 1. The van der Waals surface area contributed by atoms with Gasteiger partial charge in [0.25, 0.3) is 0 Å². The van der Waals surface area contributed by atoms with E-state index in [1.165, 1.54) is 3.57 Å². The summed E-state index contributed by atoms with van der Waals surface area (Å²) in [6, 6.07) is 8.09. The number of nitrogens with one attached hydrogen (secondary N) is 1. The Morgan fingerprint density at radius 2 is 2.12 bits per heavy atom. The van der Waals surface area contributed by atoms with Crippen LogP contribution in [-0.2, 0) is 0 Å². The average molecular weight is 322 g/mol. The fraction of sp³-hybridized carbons (Fsp3) is 0. The average Bonchev–Trinajstić information content (AvgIpc) is 2.75. The van der Waals surface area contributed by atoms with Crippen LogP contribution in [0.4, 0.5) is 0 Å². The van der Waals surface area contributed by atoms with E-state index in [0.29, 0.717) is 0 Å². The van der Waals surface area contributed by atoms with E-state index in [2.05, 4.69) is 48.8 Å². The molecule has 0 bridgehead atoms. The smallest absolute Gasteiger partial charge is 0.161 e. The third-order valence-corrected chi connectivity index (χ3v) is 2.94. The summed E-state index contributed by atoms with van der Waals surface area (Å²) in [4.78, 5) is 8.73. The van der Waals surface area contributed by atoms with Crippen LogP contribution in [0.3, 0.4) is 0 Å². The number of nitrogens with zero attached hydrogens (tertiary/aromatic N) is 3. The molecule has 0 aliphatic rings. The summed E-state index contributed by atoms with van der Waals surface area (Å²) in [5.41, 5.74) is 1.78. The van der Waals surface area contributed by atoms with E-state index in [-0.39, 0.29) is 0 Å². The molecular weight excluding hydrogens is 315 g/mol. The molecule has 3 aromatic rings. The monoisotopic (exact) mass is 322 g/mol. The van der Waals surface area contributed by atoms with Crippen LogP contribution in [0.25, 0.3) is 22.4 Å².